The van der Waals surface area contributed by atoms with Crippen molar-refractivity contribution in [3.05, 3.63) is 34.3 Å². The van der Waals surface area contributed by atoms with Gasteiger partial charge in [-0.3, -0.25) is 0 Å². The summed E-state index contributed by atoms with van der Waals surface area (Å²) in [5, 5.41) is 2.84. The summed E-state index contributed by atoms with van der Waals surface area (Å²) in [5.74, 6) is 0. The summed E-state index contributed by atoms with van der Waals surface area (Å²) in [5.41, 5.74) is -0.616. The minimum Gasteiger partial charge on any atom is -0.316 e. The van der Waals surface area contributed by atoms with E-state index in [2.05, 4.69) is 21.2 Å². The largest absolute Gasteiger partial charge is 0.316 e. The van der Waals surface area contributed by atoms with E-state index in [1.807, 2.05) is 12.1 Å². The molecule has 1 unspecified atom stereocenters. The van der Waals surface area contributed by atoms with E-state index in [-0.39, 0.29) is 0 Å². The number of hydrogen-bond donors (Lipinski definition) is 1. The maximum atomic E-state index is 13.9. The summed E-state index contributed by atoms with van der Waals surface area (Å²) in [6.07, 6.45) is 0. The molecule has 0 spiro atoms. The monoisotopic (exact) mass is 245 g/mol. The third-order valence-electron chi connectivity index (χ3n) is 1.94. The van der Waals surface area contributed by atoms with Crippen molar-refractivity contribution in [3.8, 4) is 0 Å². The van der Waals surface area contributed by atoms with Gasteiger partial charge in [0.25, 0.3) is 0 Å². The molecule has 3 heteroatoms. The van der Waals surface area contributed by atoms with Crippen molar-refractivity contribution in [1.82, 2.24) is 5.32 Å². The maximum absolute atomic E-state index is 13.9. The lowest BCUT2D eigenvalue weighted by molar-refractivity contribution is 0.190. The third-order valence-corrected chi connectivity index (χ3v) is 2.43. The van der Waals surface area contributed by atoms with Crippen molar-refractivity contribution >= 4 is 15.9 Å². The molecular formula is C10H13BrFN. The number of likely N-dealkylation sites (N-methyl/N-ethyl adjacent to an activating group) is 1. The normalized spacial score (nSPS) is 15.4. The molecule has 0 bridgehead atoms. The van der Waals surface area contributed by atoms with Gasteiger partial charge in [0.05, 0.1) is 0 Å². The minimum atomic E-state index is -1.31. The van der Waals surface area contributed by atoms with Gasteiger partial charge in [0.1, 0.15) is 5.67 Å². The van der Waals surface area contributed by atoms with Crippen molar-refractivity contribution in [2.24, 2.45) is 0 Å². The van der Waals surface area contributed by atoms with Gasteiger partial charge in [-0.05, 0) is 31.7 Å². The van der Waals surface area contributed by atoms with E-state index in [0.717, 1.165) is 4.47 Å². The van der Waals surface area contributed by atoms with Crippen LogP contribution in [0, 0.1) is 0 Å². The lowest BCUT2D eigenvalue weighted by Crippen LogP contribution is -2.29. The fourth-order valence-corrected chi connectivity index (χ4v) is 1.65. The highest BCUT2D eigenvalue weighted by atomic mass is 79.9. The molecule has 1 nitrogen and oxygen atoms in total. The summed E-state index contributed by atoms with van der Waals surface area (Å²) in [4.78, 5) is 0. The highest BCUT2D eigenvalue weighted by molar-refractivity contribution is 9.10. The minimum absolute atomic E-state index is 0.323. The second-order valence-electron chi connectivity index (χ2n) is 3.24. The van der Waals surface area contributed by atoms with E-state index < -0.39 is 5.67 Å². The van der Waals surface area contributed by atoms with Crippen LogP contribution in [-0.4, -0.2) is 13.6 Å². The maximum Gasteiger partial charge on any atom is 0.145 e. The van der Waals surface area contributed by atoms with E-state index in [9.17, 15) is 4.39 Å². The molecule has 1 aromatic rings. The molecule has 1 rings (SSSR count). The number of alkyl halides is 1. The van der Waals surface area contributed by atoms with Gasteiger partial charge in [-0.1, -0.05) is 28.1 Å². The molecule has 1 aromatic carbocycles. The Bertz CT molecular complexity index is 286. The lowest BCUT2D eigenvalue weighted by atomic mass is 9.98. The SMILES string of the molecule is CNCC(C)(F)c1cccc(Br)c1. The molecule has 0 saturated heterocycles. The van der Waals surface area contributed by atoms with E-state index in [4.69, 9.17) is 0 Å². The second kappa shape index (κ2) is 4.20. The standard InChI is InChI=1S/C10H13BrFN/c1-10(12,7-13-2)8-4-3-5-9(11)6-8/h3-6,13H,7H2,1-2H3. The van der Waals surface area contributed by atoms with Crippen molar-refractivity contribution in [1.29, 1.82) is 0 Å². The first kappa shape index (κ1) is 10.7. The molecule has 0 fully saturated rings. The second-order valence-corrected chi connectivity index (χ2v) is 4.15. The number of halogens is 2. The zero-order valence-electron chi connectivity index (χ0n) is 7.77. The molecule has 0 saturated carbocycles. The topological polar surface area (TPSA) is 12.0 Å². The van der Waals surface area contributed by atoms with E-state index in [1.54, 1.807) is 26.1 Å². The average Bonchev–Trinajstić information content (AvgIpc) is 2.04. The summed E-state index contributed by atoms with van der Waals surface area (Å²) in [7, 11) is 1.75. The van der Waals surface area contributed by atoms with Crippen LogP contribution < -0.4 is 5.32 Å². The van der Waals surface area contributed by atoms with Crippen molar-refractivity contribution in [3.63, 3.8) is 0 Å². The quantitative estimate of drug-likeness (QED) is 0.864. The van der Waals surface area contributed by atoms with Gasteiger partial charge in [0, 0.05) is 11.0 Å². The van der Waals surface area contributed by atoms with Crippen LogP contribution >= 0.6 is 15.9 Å². The number of hydrogen-bond acceptors (Lipinski definition) is 1. The molecule has 0 radical (unpaired) electrons. The molecule has 0 heterocycles. The molecule has 0 aliphatic carbocycles. The molecule has 0 amide bonds. The number of nitrogens with one attached hydrogen (secondary N) is 1. The molecule has 1 atom stereocenters. The van der Waals surface area contributed by atoms with Gasteiger partial charge in [-0.25, -0.2) is 4.39 Å². The Kier molecular flexibility index (Phi) is 3.45. The first-order valence-electron chi connectivity index (χ1n) is 4.16. The first-order valence-corrected chi connectivity index (χ1v) is 4.95. The van der Waals surface area contributed by atoms with Crippen LogP contribution in [0.1, 0.15) is 12.5 Å². The van der Waals surface area contributed by atoms with Crippen LogP contribution in [0.4, 0.5) is 4.39 Å². The van der Waals surface area contributed by atoms with Crippen molar-refractivity contribution < 1.29 is 4.39 Å². The van der Waals surface area contributed by atoms with Gasteiger partial charge in [0.2, 0.25) is 0 Å². The fraction of sp³-hybridized carbons (Fsp3) is 0.400. The van der Waals surface area contributed by atoms with Gasteiger partial charge in [0.15, 0.2) is 0 Å². The first-order chi connectivity index (χ1) is 6.06. The Morgan fingerprint density at radius 1 is 1.54 bits per heavy atom. The number of benzene rings is 1. The summed E-state index contributed by atoms with van der Waals surface area (Å²) in [6, 6.07) is 7.32. The zero-order chi connectivity index (χ0) is 9.90. The Balaban J connectivity index is 2.93. The smallest absolute Gasteiger partial charge is 0.145 e. The number of rotatable bonds is 3. The van der Waals surface area contributed by atoms with Crippen molar-refractivity contribution in [2.45, 2.75) is 12.6 Å². The Hall–Kier alpha value is -0.410. The molecule has 72 valence electrons. The Morgan fingerprint density at radius 3 is 2.77 bits per heavy atom. The third kappa shape index (κ3) is 2.78. The fourth-order valence-electron chi connectivity index (χ4n) is 1.25. The zero-order valence-corrected chi connectivity index (χ0v) is 9.36. The van der Waals surface area contributed by atoms with E-state index in [1.165, 1.54) is 0 Å². The van der Waals surface area contributed by atoms with Crippen LogP contribution in [0.2, 0.25) is 0 Å². The summed E-state index contributed by atoms with van der Waals surface area (Å²) < 4.78 is 14.8. The van der Waals surface area contributed by atoms with Crippen molar-refractivity contribution in [2.75, 3.05) is 13.6 Å². The van der Waals surface area contributed by atoms with Crippen LogP contribution in [0.25, 0.3) is 0 Å². The average molecular weight is 246 g/mol. The molecule has 0 aliphatic heterocycles. The van der Waals surface area contributed by atoms with Crippen LogP contribution in [0.3, 0.4) is 0 Å². The Labute approximate surface area is 86.5 Å². The Morgan fingerprint density at radius 2 is 2.23 bits per heavy atom. The summed E-state index contributed by atoms with van der Waals surface area (Å²) >= 11 is 3.32. The molecule has 0 aromatic heterocycles. The van der Waals surface area contributed by atoms with Gasteiger partial charge in [-0.2, -0.15) is 0 Å². The van der Waals surface area contributed by atoms with Gasteiger partial charge in [-0.15, -0.1) is 0 Å². The summed E-state index contributed by atoms with van der Waals surface area (Å²) in [6.45, 7) is 1.90. The highest BCUT2D eigenvalue weighted by Crippen LogP contribution is 2.26. The van der Waals surface area contributed by atoms with Gasteiger partial charge >= 0.3 is 0 Å². The van der Waals surface area contributed by atoms with Crippen LogP contribution in [0.15, 0.2) is 28.7 Å². The molecular weight excluding hydrogens is 233 g/mol. The van der Waals surface area contributed by atoms with E-state index >= 15 is 0 Å². The van der Waals surface area contributed by atoms with Crippen LogP contribution in [0.5, 0.6) is 0 Å². The molecule has 13 heavy (non-hydrogen) atoms. The highest BCUT2D eigenvalue weighted by Gasteiger charge is 2.24. The predicted octanol–water partition coefficient (Wildman–Crippen LogP) is 2.85. The molecule has 0 aliphatic rings. The van der Waals surface area contributed by atoms with E-state index in [0.29, 0.717) is 12.1 Å². The molecule has 1 N–H and O–H groups in total. The van der Waals surface area contributed by atoms with Crippen LogP contribution in [-0.2, 0) is 5.67 Å². The van der Waals surface area contributed by atoms with Gasteiger partial charge < -0.3 is 5.32 Å². The lowest BCUT2D eigenvalue weighted by Gasteiger charge is -2.20. The predicted molar refractivity (Wildman–Crippen MR) is 56.5 cm³/mol.